The topological polar surface area (TPSA) is 46.2 Å². The van der Waals surface area contributed by atoms with Gasteiger partial charge in [0.25, 0.3) is 0 Å². The summed E-state index contributed by atoms with van der Waals surface area (Å²) in [6.45, 7) is 5.97. The summed E-state index contributed by atoms with van der Waals surface area (Å²) in [6.07, 6.45) is -0.475. The number of nitrogens with two attached hydrogens (primary N) is 1. The van der Waals surface area contributed by atoms with Crippen molar-refractivity contribution < 1.29 is 5.11 Å². The first-order chi connectivity index (χ1) is 6.52. The van der Waals surface area contributed by atoms with Crippen molar-refractivity contribution in [2.24, 2.45) is 11.7 Å². The van der Waals surface area contributed by atoms with Crippen LogP contribution in [-0.4, -0.2) is 11.2 Å². The van der Waals surface area contributed by atoms with Gasteiger partial charge >= 0.3 is 0 Å². The smallest absolute Gasteiger partial charge is 0.0755 e. The molecule has 1 aromatic rings. The van der Waals surface area contributed by atoms with Crippen LogP contribution in [0.1, 0.15) is 31.0 Å². The highest BCUT2D eigenvalue weighted by Crippen LogP contribution is 2.20. The highest BCUT2D eigenvalue weighted by Gasteiger charge is 2.19. The van der Waals surface area contributed by atoms with Crippen LogP contribution < -0.4 is 5.73 Å². The Balaban J connectivity index is 0.00000196. The van der Waals surface area contributed by atoms with Crippen LogP contribution in [0.15, 0.2) is 24.3 Å². The molecule has 86 valence electrons. The summed E-state index contributed by atoms with van der Waals surface area (Å²) in [5.41, 5.74) is 8.14. The van der Waals surface area contributed by atoms with Gasteiger partial charge in [0.05, 0.1) is 12.1 Å². The zero-order chi connectivity index (χ0) is 10.7. The standard InChI is InChI=1S/C12H19NO.ClH/c1-8(2)12(14)11(13)10-6-4-5-9(3)7-10;/h4-8,11-12,14H,13H2,1-3H3;1H/t11-,12+;/m0./s1. The summed E-state index contributed by atoms with van der Waals surface area (Å²) in [7, 11) is 0. The monoisotopic (exact) mass is 229 g/mol. The Morgan fingerprint density at radius 1 is 1.27 bits per heavy atom. The molecule has 0 bridgehead atoms. The van der Waals surface area contributed by atoms with Crippen molar-refractivity contribution in [3.63, 3.8) is 0 Å². The summed E-state index contributed by atoms with van der Waals surface area (Å²) >= 11 is 0. The second-order valence-corrected chi connectivity index (χ2v) is 4.17. The number of halogens is 1. The van der Waals surface area contributed by atoms with Gasteiger partial charge in [-0.05, 0) is 18.4 Å². The summed E-state index contributed by atoms with van der Waals surface area (Å²) in [5, 5.41) is 9.81. The molecule has 0 fully saturated rings. The van der Waals surface area contributed by atoms with Crippen molar-refractivity contribution in [1.29, 1.82) is 0 Å². The molecule has 2 atom stereocenters. The third-order valence-electron chi connectivity index (χ3n) is 2.48. The molecule has 2 nitrogen and oxygen atoms in total. The van der Waals surface area contributed by atoms with Crippen LogP contribution >= 0.6 is 12.4 Å². The van der Waals surface area contributed by atoms with Crippen molar-refractivity contribution in [1.82, 2.24) is 0 Å². The summed E-state index contributed by atoms with van der Waals surface area (Å²) in [4.78, 5) is 0. The van der Waals surface area contributed by atoms with E-state index in [2.05, 4.69) is 0 Å². The zero-order valence-corrected chi connectivity index (χ0v) is 10.3. The fraction of sp³-hybridized carbons (Fsp3) is 0.500. The van der Waals surface area contributed by atoms with E-state index in [1.165, 1.54) is 5.56 Å². The van der Waals surface area contributed by atoms with Crippen LogP contribution in [-0.2, 0) is 0 Å². The van der Waals surface area contributed by atoms with E-state index < -0.39 is 6.10 Å². The van der Waals surface area contributed by atoms with Crippen LogP contribution in [0.4, 0.5) is 0 Å². The van der Waals surface area contributed by atoms with Gasteiger partial charge in [0.15, 0.2) is 0 Å². The molecule has 1 aromatic carbocycles. The molecule has 0 unspecified atom stereocenters. The van der Waals surface area contributed by atoms with E-state index in [0.717, 1.165) is 5.56 Å². The minimum atomic E-state index is -0.475. The molecule has 0 spiro atoms. The maximum Gasteiger partial charge on any atom is 0.0755 e. The molecule has 0 saturated heterocycles. The molecule has 3 heteroatoms. The number of aryl methyl sites for hydroxylation is 1. The van der Waals surface area contributed by atoms with Crippen molar-refractivity contribution in [2.75, 3.05) is 0 Å². The third kappa shape index (κ3) is 3.82. The second kappa shape index (κ2) is 6.11. The van der Waals surface area contributed by atoms with Crippen LogP contribution in [0.5, 0.6) is 0 Å². The van der Waals surface area contributed by atoms with E-state index in [1.807, 2.05) is 45.0 Å². The Hall–Kier alpha value is -0.570. The van der Waals surface area contributed by atoms with Gasteiger partial charge in [-0.3, -0.25) is 0 Å². The Morgan fingerprint density at radius 2 is 1.87 bits per heavy atom. The minimum Gasteiger partial charge on any atom is -0.391 e. The van der Waals surface area contributed by atoms with Crippen LogP contribution in [0.3, 0.4) is 0 Å². The van der Waals surface area contributed by atoms with E-state index in [9.17, 15) is 5.11 Å². The van der Waals surface area contributed by atoms with Crippen molar-refractivity contribution >= 4 is 12.4 Å². The van der Waals surface area contributed by atoms with E-state index in [0.29, 0.717) is 0 Å². The lowest BCUT2D eigenvalue weighted by molar-refractivity contribution is 0.0979. The lowest BCUT2D eigenvalue weighted by Gasteiger charge is -2.22. The van der Waals surface area contributed by atoms with Gasteiger partial charge in [0, 0.05) is 0 Å². The minimum absolute atomic E-state index is 0. The Labute approximate surface area is 97.9 Å². The number of aliphatic hydroxyl groups excluding tert-OH is 1. The molecule has 0 heterocycles. The van der Waals surface area contributed by atoms with Gasteiger partial charge in [-0.2, -0.15) is 0 Å². The highest BCUT2D eigenvalue weighted by atomic mass is 35.5. The highest BCUT2D eigenvalue weighted by molar-refractivity contribution is 5.85. The molecule has 0 aliphatic heterocycles. The average molecular weight is 230 g/mol. The predicted molar refractivity (Wildman–Crippen MR) is 66.2 cm³/mol. The molecule has 3 N–H and O–H groups in total. The number of rotatable bonds is 3. The van der Waals surface area contributed by atoms with E-state index in [1.54, 1.807) is 0 Å². The van der Waals surface area contributed by atoms with Crippen LogP contribution in [0.2, 0.25) is 0 Å². The van der Waals surface area contributed by atoms with Gasteiger partial charge in [0.1, 0.15) is 0 Å². The molecule has 15 heavy (non-hydrogen) atoms. The van der Waals surface area contributed by atoms with E-state index in [4.69, 9.17) is 5.73 Å². The van der Waals surface area contributed by atoms with Crippen molar-refractivity contribution in [2.45, 2.75) is 32.9 Å². The lowest BCUT2D eigenvalue weighted by Crippen LogP contribution is -2.30. The van der Waals surface area contributed by atoms with Gasteiger partial charge in [-0.15, -0.1) is 12.4 Å². The van der Waals surface area contributed by atoms with Gasteiger partial charge in [-0.25, -0.2) is 0 Å². The van der Waals surface area contributed by atoms with Crippen molar-refractivity contribution in [3.05, 3.63) is 35.4 Å². The molecular weight excluding hydrogens is 210 g/mol. The molecular formula is C12H20ClNO. The molecule has 0 aliphatic rings. The lowest BCUT2D eigenvalue weighted by atomic mass is 9.94. The molecule has 0 saturated carbocycles. The molecule has 0 amide bonds. The molecule has 0 aliphatic carbocycles. The third-order valence-corrected chi connectivity index (χ3v) is 2.48. The van der Waals surface area contributed by atoms with Crippen LogP contribution in [0, 0.1) is 12.8 Å². The molecule has 0 aromatic heterocycles. The summed E-state index contributed by atoms with van der Waals surface area (Å²) < 4.78 is 0. The summed E-state index contributed by atoms with van der Waals surface area (Å²) in [5.74, 6) is 0.186. The fourth-order valence-electron chi connectivity index (χ4n) is 1.49. The SMILES string of the molecule is Cc1cccc([C@H](N)[C@H](O)C(C)C)c1.Cl. The van der Waals surface area contributed by atoms with Crippen molar-refractivity contribution in [3.8, 4) is 0 Å². The fourth-order valence-corrected chi connectivity index (χ4v) is 1.49. The first kappa shape index (κ1) is 14.4. The van der Waals surface area contributed by atoms with Crippen LogP contribution in [0.25, 0.3) is 0 Å². The number of benzene rings is 1. The van der Waals surface area contributed by atoms with Gasteiger partial charge < -0.3 is 10.8 Å². The first-order valence-corrected chi connectivity index (χ1v) is 5.02. The quantitative estimate of drug-likeness (QED) is 0.837. The largest absolute Gasteiger partial charge is 0.391 e. The molecule has 1 rings (SSSR count). The second-order valence-electron chi connectivity index (χ2n) is 4.17. The normalized spacial score (nSPS) is 14.5. The maximum absolute atomic E-state index is 9.81. The Bertz CT molecular complexity index is 301. The Kier molecular flexibility index (Phi) is 5.88. The molecule has 0 radical (unpaired) electrons. The van der Waals surface area contributed by atoms with E-state index >= 15 is 0 Å². The van der Waals surface area contributed by atoms with Gasteiger partial charge in [-0.1, -0.05) is 43.7 Å². The number of hydrogen-bond donors (Lipinski definition) is 2. The average Bonchev–Trinajstić information content (AvgIpc) is 2.15. The predicted octanol–water partition coefficient (Wildman–Crippen LogP) is 2.43. The maximum atomic E-state index is 9.81. The Morgan fingerprint density at radius 3 is 2.33 bits per heavy atom. The first-order valence-electron chi connectivity index (χ1n) is 5.02. The summed E-state index contributed by atoms with van der Waals surface area (Å²) in [6, 6.07) is 7.70. The number of aliphatic hydroxyl groups is 1. The number of hydrogen-bond acceptors (Lipinski definition) is 2. The zero-order valence-electron chi connectivity index (χ0n) is 9.47. The van der Waals surface area contributed by atoms with Gasteiger partial charge in [0.2, 0.25) is 0 Å². The van der Waals surface area contributed by atoms with E-state index in [-0.39, 0.29) is 24.4 Å².